The van der Waals surface area contributed by atoms with Crippen molar-refractivity contribution in [3.8, 4) is 0 Å². The lowest BCUT2D eigenvalue weighted by Crippen LogP contribution is -2.26. The van der Waals surface area contributed by atoms with Gasteiger partial charge in [0.05, 0.1) is 11.3 Å². The molecule has 1 heterocycles. The molecule has 4 rings (SSSR count). The second kappa shape index (κ2) is 6.04. The average Bonchev–Trinajstić information content (AvgIpc) is 3.20. The molecule has 1 saturated carbocycles. The zero-order valence-corrected chi connectivity index (χ0v) is 13.5. The quantitative estimate of drug-likeness (QED) is 0.598. The first-order chi connectivity index (χ1) is 11.7. The van der Waals surface area contributed by atoms with Crippen LogP contribution in [-0.2, 0) is 4.79 Å². The normalized spacial score (nSPS) is 19.1. The summed E-state index contributed by atoms with van der Waals surface area (Å²) < 4.78 is 0. The van der Waals surface area contributed by atoms with Gasteiger partial charge in [0.2, 0.25) is 0 Å². The van der Waals surface area contributed by atoms with Crippen LogP contribution in [0.3, 0.4) is 0 Å². The van der Waals surface area contributed by atoms with E-state index in [-0.39, 0.29) is 5.91 Å². The largest absolute Gasteiger partial charge is 0.399 e. The molecule has 4 nitrogen and oxygen atoms in total. The molecule has 0 bridgehead atoms. The third-order valence-corrected chi connectivity index (χ3v) is 4.80. The summed E-state index contributed by atoms with van der Waals surface area (Å²) in [6, 6.07) is 16.1. The molecule has 0 aromatic heterocycles. The standard InChI is InChI=1S/C20H21N3O/c21-14-10-11-17-16(12-14)18(20(24)23-17)19(13-6-2-1-3-7-13)22-15-8-4-5-9-15/h1-3,6-7,10-12,15,22H,4-5,8-9,21H2,(H,23,24). The van der Waals surface area contributed by atoms with Gasteiger partial charge in [-0.15, -0.1) is 0 Å². The van der Waals surface area contributed by atoms with Crippen LogP contribution in [-0.4, -0.2) is 11.9 Å². The predicted molar refractivity (Wildman–Crippen MR) is 98.1 cm³/mol. The number of carbonyl (C=O) groups excluding carboxylic acids is 1. The van der Waals surface area contributed by atoms with E-state index in [1.165, 1.54) is 12.8 Å². The third-order valence-electron chi connectivity index (χ3n) is 4.80. The van der Waals surface area contributed by atoms with E-state index in [0.29, 0.717) is 17.3 Å². The van der Waals surface area contributed by atoms with Gasteiger partial charge in [-0.3, -0.25) is 4.79 Å². The number of benzene rings is 2. The number of nitrogens with two attached hydrogens (primary N) is 1. The van der Waals surface area contributed by atoms with Gasteiger partial charge in [0.25, 0.3) is 5.91 Å². The first-order valence-electron chi connectivity index (χ1n) is 8.50. The number of fused-ring (bicyclic) bond motifs is 1. The Morgan fingerprint density at radius 2 is 1.83 bits per heavy atom. The summed E-state index contributed by atoms with van der Waals surface area (Å²) in [5.74, 6) is -0.0695. The zero-order valence-electron chi connectivity index (χ0n) is 13.5. The number of nitrogen functional groups attached to an aromatic ring is 1. The smallest absolute Gasteiger partial charge is 0.258 e. The first kappa shape index (κ1) is 14.8. The molecule has 2 aromatic carbocycles. The second-order valence-corrected chi connectivity index (χ2v) is 6.50. The summed E-state index contributed by atoms with van der Waals surface area (Å²) >= 11 is 0. The second-order valence-electron chi connectivity index (χ2n) is 6.50. The van der Waals surface area contributed by atoms with Crippen LogP contribution in [0, 0.1) is 0 Å². The molecule has 2 aliphatic rings. The van der Waals surface area contributed by atoms with Crippen LogP contribution in [0.4, 0.5) is 11.4 Å². The molecule has 24 heavy (non-hydrogen) atoms. The van der Waals surface area contributed by atoms with Crippen LogP contribution >= 0.6 is 0 Å². The van der Waals surface area contributed by atoms with Crippen molar-refractivity contribution in [2.45, 2.75) is 31.7 Å². The fraction of sp³-hybridized carbons (Fsp3) is 0.250. The monoisotopic (exact) mass is 319 g/mol. The zero-order chi connectivity index (χ0) is 16.5. The van der Waals surface area contributed by atoms with Gasteiger partial charge in [-0.1, -0.05) is 43.2 Å². The highest BCUT2D eigenvalue weighted by Gasteiger charge is 2.29. The third kappa shape index (κ3) is 2.64. The van der Waals surface area contributed by atoms with Crippen LogP contribution in [0.1, 0.15) is 36.8 Å². The van der Waals surface area contributed by atoms with Crippen molar-refractivity contribution in [1.82, 2.24) is 5.32 Å². The highest BCUT2D eigenvalue weighted by Crippen LogP contribution is 2.38. The summed E-state index contributed by atoms with van der Waals surface area (Å²) in [5, 5.41) is 6.60. The Hall–Kier alpha value is -2.75. The Morgan fingerprint density at radius 1 is 1.08 bits per heavy atom. The molecule has 1 aliphatic heterocycles. The molecule has 1 amide bonds. The van der Waals surface area contributed by atoms with Crippen molar-refractivity contribution in [2.24, 2.45) is 0 Å². The molecule has 122 valence electrons. The van der Waals surface area contributed by atoms with Gasteiger partial charge < -0.3 is 16.4 Å². The predicted octanol–water partition coefficient (Wildman–Crippen LogP) is 3.62. The SMILES string of the molecule is Nc1ccc2c(c1)C(=C(NC1CCCC1)c1ccccc1)C(=O)N2. The lowest BCUT2D eigenvalue weighted by atomic mass is 9.99. The number of hydrogen-bond acceptors (Lipinski definition) is 3. The molecule has 1 aliphatic carbocycles. The summed E-state index contributed by atoms with van der Waals surface area (Å²) in [7, 11) is 0. The van der Waals surface area contributed by atoms with E-state index in [0.717, 1.165) is 35.4 Å². The van der Waals surface area contributed by atoms with Crippen molar-refractivity contribution < 1.29 is 4.79 Å². The molecule has 0 spiro atoms. The van der Waals surface area contributed by atoms with E-state index in [1.807, 2.05) is 48.5 Å². The van der Waals surface area contributed by atoms with Crippen LogP contribution in [0.25, 0.3) is 11.3 Å². The topological polar surface area (TPSA) is 67.1 Å². The van der Waals surface area contributed by atoms with Gasteiger partial charge in [0, 0.05) is 23.0 Å². The van der Waals surface area contributed by atoms with E-state index >= 15 is 0 Å². The highest BCUT2D eigenvalue weighted by atomic mass is 16.2. The fourth-order valence-electron chi connectivity index (χ4n) is 3.61. The van der Waals surface area contributed by atoms with Crippen LogP contribution < -0.4 is 16.4 Å². The minimum atomic E-state index is -0.0695. The van der Waals surface area contributed by atoms with E-state index in [2.05, 4.69) is 10.6 Å². The molecule has 0 saturated heterocycles. The Balaban J connectivity index is 1.87. The van der Waals surface area contributed by atoms with Crippen molar-refractivity contribution >= 4 is 28.6 Å². The number of carbonyl (C=O) groups is 1. The summed E-state index contributed by atoms with van der Waals surface area (Å²) in [4.78, 5) is 12.7. The average molecular weight is 319 g/mol. The highest BCUT2D eigenvalue weighted by molar-refractivity contribution is 6.36. The minimum Gasteiger partial charge on any atom is -0.399 e. The molecule has 0 atom stereocenters. The Kier molecular flexibility index (Phi) is 3.73. The molecule has 4 N–H and O–H groups in total. The van der Waals surface area contributed by atoms with Crippen molar-refractivity contribution in [2.75, 3.05) is 11.1 Å². The number of anilines is 2. The Morgan fingerprint density at radius 3 is 2.58 bits per heavy atom. The van der Waals surface area contributed by atoms with E-state index in [4.69, 9.17) is 5.73 Å². The Labute approximate surface area is 141 Å². The van der Waals surface area contributed by atoms with Crippen molar-refractivity contribution in [3.63, 3.8) is 0 Å². The molecular weight excluding hydrogens is 298 g/mol. The number of nitrogens with one attached hydrogen (secondary N) is 2. The van der Waals surface area contributed by atoms with Crippen LogP contribution in [0.2, 0.25) is 0 Å². The van der Waals surface area contributed by atoms with Crippen molar-refractivity contribution in [1.29, 1.82) is 0 Å². The molecular formula is C20H21N3O. The first-order valence-corrected chi connectivity index (χ1v) is 8.50. The van der Waals surface area contributed by atoms with E-state index < -0.39 is 0 Å². The van der Waals surface area contributed by atoms with Gasteiger partial charge >= 0.3 is 0 Å². The summed E-state index contributed by atoms with van der Waals surface area (Å²) in [5.41, 5.74) is 11.0. The maximum absolute atomic E-state index is 12.7. The molecule has 0 unspecified atom stereocenters. The number of rotatable bonds is 3. The van der Waals surface area contributed by atoms with E-state index in [1.54, 1.807) is 0 Å². The number of amides is 1. The summed E-state index contributed by atoms with van der Waals surface area (Å²) in [6.07, 6.45) is 4.78. The van der Waals surface area contributed by atoms with Crippen LogP contribution in [0.5, 0.6) is 0 Å². The van der Waals surface area contributed by atoms with Gasteiger partial charge in [-0.2, -0.15) is 0 Å². The molecule has 4 heteroatoms. The minimum absolute atomic E-state index is 0.0695. The molecule has 1 fully saturated rings. The van der Waals surface area contributed by atoms with Gasteiger partial charge in [-0.25, -0.2) is 0 Å². The number of hydrogen-bond donors (Lipinski definition) is 3. The Bertz CT molecular complexity index is 805. The molecule has 0 radical (unpaired) electrons. The maximum atomic E-state index is 12.7. The van der Waals surface area contributed by atoms with E-state index in [9.17, 15) is 4.79 Å². The summed E-state index contributed by atoms with van der Waals surface area (Å²) in [6.45, 7) is 0. The maximum Gasteiger partial charge on any atom is 0.258 e. The lowest BCUT2D eigenvalue weighted by molar-refractivity contribution is -0.110. The fourth-order valence-corrected chi connectivity index (χ4v) is 3.61. The van der Waals surface area contributed by atoms with Gasteiger partial charge in [-0.05, 0) is 36.6 Å². The van der Waals surface area contributed by atoms with Gasteiger partial charge in [0.1, 0.15) is 0 Å². The van der Waals surface area contributed by atoms with Crippen LogP contribution in [0.15, 0.2) is 48.5 Å². The molecule has 2 aromatic rings. The lowest BCUT2D eigenvalue weighted by Gasteiger charge is -2.19. The van der Waals surface area contributed by atoms with Crippen molar-refractivity contribution in [3.05, 3.63) is 59.7 Å². The van der Waals surface area contributed by atoms with Gasteiger partial charge in [0.15, 0.2) is 0 Å².